The number of carbonyl (C=O) groups is 1. The first kappa shape index (κ1) is 20.6. The van der Waals surface area contributed by atoms with Crippen molar-refractivity contribution in [1.82, 2.24) is 15.5 Å². The fourth-order valence-electron chi connectivity index (χ4n) is 3.64. The largest absolute Gasteiger partial charge is 0.354 e. The summed E-state index contributed by atoms with van der Waals surface area (Å²) in [5, 5.41) is 13.1. The van der Waals surface area contributed by atoms with Gasteiger partial charge in [-0.15, -0.1) is 10.2 Å². The van der Waals surface area contributed by atoms with Crippen LogP contribution in [0, 0.1) is 5.92 Å². The summed E-state index contributed by atoms with van der Waals surface area (Å²) in [6, 6.07) is 19.0. The number of anilines is 1. The van der Waals surface area contributed by atoms with Gasteiger partial charge >= 0.3 is 0 Å². The highest BCUT2D eigenvalue weighted by Gasteiger charge is 2.26. The van der Waals surface area contributed by atoms with E-state index in [0.29, 0.717) is 23.1 Å². The Morgan fingerprint density at radius 3 is 2.57 bits per heavy atom. The van der Waals surface area contributed by atoms with Crippen molar-refractivity contribution in [3.05, 3.63) is 76.3 Å². The summed E-state index contributed by atoms with van der Waals surface area (Å²) in [6.07, 6.45) is 1.80. The van der Waals surface area contributed by atoms with Crippen molar-refractivity contribution in [3.63, 3.8) is 0 Å². The molecule has 1 N–H and O–H groups in total. The quantitative estimate of drug-likeness (QED) is 0.607. The summed E-state index contributed by atoms with van der Waals surface area (Å²) in [5.41, 5.74) is 2.68. The molecule has 7 heteroatoms. The lowest BCUT2D eigenvalue weighted by Crippen LogP contribution is -2.43. The van der Waals surface area contributed by atoms with Crippen LogP contribution in [0.1, 0.15) is 18.4 Å². The zero-order chi connectivity index (χ0) is 20.9. The molecule has 1 aliphatic heterocycles. The third kappa shape index (κ3) is 4.91. The molecule has 1 amide bonds. The number of nitrogens with zero attached hydrogens (tertiary/aromatic N) is 3. The van der Waals surface area contributed by atoms with E-state index in [9.17, 15) is 4.79 Å². The Kier molecular flexibility index (Phi) is 6.50. The van der Waals surface area contributed by atoms with E-state index in [4.69, 9.17) is 23.2 Å². The van der Waals surface area contributed by atoms with E-state index in [-0.39, 0.29) is 11.8 Å². The van der Waals surface area contributed by atoms with Gasteiger partial charge in [-0.25, -0.2) is 0 Å². The third-order valence-corrected chi connectivity index (χ3v) is 5.94. The number of nitrogens with one attached hydrogen (secondary N) is 1. The van der Waals surface area contributed by atoms with Gasteiger partial charge in [0.1, 0.15) is 0 Å². The minimum absolute atomic E-state index is 0.0466. The average molecular weight is 441 g/mol. The highest BCUT2D eigenvalue weighted by Crippen LogP contribution is 2.24. The molecule has 0 saturated carbocycles. The molecule has 1 aliphatic rings. The zero-order valence-electron chi connectivity index (χ0n) is 16.4. The van der Waals surface area contributed by atoms with E-state index in [1.54, 1.807) is 0 Å². The van der Waals surface area contributed by atoms with Crippen molar-refractivity contribution >= 4 is 34.9 Å². The summed E-state index contributed by atoms with van der Waals surface area (Å²) in [4.78, 5) is 14.8. The van der Waals surface area contributed by atoms with E-state index in [0.717, 1.165) is 42.0 Å². The van der Waals surface area contributed by atoms with E-state index < -0.39 is 0 Å². The zero-order valence-corrected chi connectivity index (χ0v) is 17.9. The van der Waals surface area contributed by atoms with Crippen LogP contribution >= 0.6 is 23.2 Å². The number of aromatic nitrogens is 2. The molecule has 30 heavy (non-hydrogen) atoms. The number of rotatable bonds is 5. The molecule has 2 aromatic carbocycles. The van der Waals surface area contributed by atoms with E-state index in [2.05, 4.69) is 20.4 Å². The fourth-order valence-corrected chi connectivity index (χ4v) is 3.96. The lowest BCUT2D eigenvalue weighted by Gasteiger charge is -2.32. The van der Waals surface area contributed by atoms with Crippen LogP contribution in [0.25, 0.3) is 11.3 Å². The van der Waals surface area contributed by atoms with Gasteiger partial charge in [0, 0.05) is 35.2 Å². The van der Waals surface area contributed by atoms with Crippen LogP contribution < -0.4 is 10.2 Å². The first-order valence-corrected chi connectivity index (χ1v) is 10.7. The van der Waals surface area contributed by atoms with Crippen LogP contribution in [-0.2, 0) is 11.3 Å². The number of hydrogen-bond donors (Lipinski definition) is 1. The van der Waals surface area contributed by atoms with Gasteiger partial charge in [-0.3, -0.25) is 4.79 Å². The van der Waals surface area contributed by atoms with E-state index >= 15 is 0 Å². The number of halogens is 2. The van der Waals surface area contributed by atoms with Gasteiger partial charge in [0.05, 0.1) is 11.6 Å². The van der Waals surface area contributed by atoms with Gasteiger partial charge in [0.25, 0.3) is 0 Å². The molecule has 1 unspecified atom stereocenters. The van der Waals surface area contributed by atoms with Gasteiger partial charge in [-0.1, -0.05) is 53.5 Å². The maximum Gasteiger partial charge on any atom is 0.225 e. The molecule has 1 aromatic heterocycles. The summed E-state index contributed by atoms with van der Waals surface area (Å²) >= 11 is 12.1. The number of piperidine rings is 1. The van der Waals surface area contributed by atoms with Crippen LogP contribution in [0.5, 0.6) is 0 Å². The first-order valence-electron chi connectivity index (χ1n) is 9.96. The maximum atomic E-state index is 12.7. The monoisotopic (exact) mass is 440 g/mol. The Bertz CT molecular complexity index is 1010. The molecule has 2 heterocycles. The molecule has 1 saturated heterocycles. The highest BCUT2D eigenvalue weighted by atomic mass is 35.5. The summed E-state index contributed by atoms with van der Waals surface area (Å²) in [6.45, 7) is 1.93. The van der Waals surface area contributed by atoms with Crippen molar-refractivity contribution in [2.45, 2.75) is 19.4 Å². The molecule has 5 nitrogen and oxygen atoms in total. The molecule has 1 atom stereocenters. The highest BCUT2D eigenvalue weighted by molar-refractivity contribution is 6.31. The predicted molar refractivity (Wildman–Crippen MR) is 121 cm³/mol. The third-order valence-electron chi connectivity index (χ3n) is 5.32. The normalized spacial score (nSPS) is 16.3. The number of hydrogen-bond acceptors (Lipinski definition) is 4. The topological polar surface area (TPSA) is 58.1 Å². The smallest absolute Gasteiger partial charge is 0.225 e. The second kappa shape index (κ2) is 9.45. The fraction of sp³-hybridized carbons (Fsp3) is 0.261. The molecule has 1 fully saturated rings. The van der Waals surface area contributed by atoms with Crippen LogP contribution in [0.2, 0.25) is 10.0 Å². The van der Waals surface area contributed by atoms with Crippen molar-refractivity contribution in [2.24, 2.45) is 5.92 Å². The Morgan fingerprint density at radius 2 is 1.83 bits per heavy atom. The van der Waals surface area contributed by atoms with E-state index in [1.165, 1.54) is 0 Å². The minimum Gasteiger partial charge on any atom is -0.354 e. The number of amides is 1. The first-order chi connectivity index (χ1) is 14.6. The van der Waals surface area contributed by atoms with Gasteiger partial charge in [-0.05, 0) is 48.7 Å². The van der Waals surface area contributed by atoms with Gasteiger partial charge in [-0.2, -0.15) is 0 Å². The molecular formula is C23H22Cl2N4O. The van der Waals surface area contributed by atoms with Crippen LogP contribution in [0.4, 0.5) is 5.82 Å². The molecule has 154 valence electrons. The lowest BCUT2D eigenvalue weighted by molar-refractivity contribution is -0.125. The van der Waals surface area contributed by atoms with Gasteiger partial charge in [0.15, 0.2) is 5.82 Å². The molecule has 4 rings (SSSR count). The second-order valence-electron chi connectivity index (χ2n) is 7.38. The number of benzene rings is 2. The molecular weight excluding hydrogens is 419 g/mol. The summed E-state index contributed by atoms with van der Waals surface area (Å²) in [5.74, 6) is 0.751. The Hall–Kier alpha value is -2.63. The Morgan fingerprint density at radius 1 is 1.03 bits per heavy atom. The Labute approximate surface area is 186 Å². The summed E-state index contributed by atoms with van der Waals surface area (Å²) in [7, 11) is 0. The van der Waals surface area contributed by atoms with Crippen molar-refractivity contribution in [1.29, 1.82) is 0 Å². The molecule has 3 aromatic rings. The average Bonchev–Trinajstić information content (AvgIpc) is 2.79. The van der Waals surface area contributed by atoms with Crippen LogP contribution in [0.3, 0.4) is 0 Å². The second-order valence-corrected chi connectivity index (χ2v) is 8.22. The number of carbonyl (C=O) groups excluding carboxylic acids is 1. The van der Waals surface area contributed by atoms with Crippen molar-refractivity contribution < 1.29 is 4.79 Å². The standard InChI is InChI=1S/C23H22Cl2N4O/c24-19-9-7-16(8-10-19)21-11-12-22(28-27-21)29-13-3-5-18(15-29)23(30)26-14-17-4-1-2-6-20(17)25/h1-2,4,6-12,18H,3,5,13-15H2,(H,26,30). The van der Waals surface area contributed by atoms with E-state index in [1.807, 2.05) is 60.7 Å². The van der Waals surface area contributed by atoms with Crippen LogP contribution in [-0.4, -0.2) is 29.2 Å². The van der Waals surface area contributed by atoms with Crippen molar-refractivity contribution in [3.8, 4) is 11.3 Å². The maximum absolute atomic E-state index is 12.7. The minimum atomic E-state index is -0.0843. The Balaban J connectivity index is 1.38. The summed E-state index contributed by atoms with van der Waals surface area (Å²) < 4.78 is 0. The molecule has 0 radical (unpaired) electrons. The van der Waals surface area contributed by atoms with Crippen molar-refractivity contribution in [2.75, 3.05) is 18.0 Å². The predicted octanol–water partition coefficient (Wildman–Crippen LogP) is 4.98. The lowest BCUT2D eigenvalue weighted by atomic mass is 9.97. The van der Waals surface area contributed by atoms with Gasteiger partial charge < -0.3 is 10.2 Å². The molecule has 0 aliphatic carbocycles. The molecule has 0 spiro atoms. The van der Waals surface area contributed by atoms with Crippen LogP contribution in [0.15, 0.2) is 60.7 Å². The molecule has 0 bridgehead atoms. The van der Waals surface area contributed by atoms with Gasteiger partial charge in [0.2, 0.25) is 5.91 Å². The SMILES string of the molecule is O=C(NCc1ccccc1Cl)C1CCCN(c2ccc(-c3ccc(Cl)cc3)nn2)C1.